The van der Waals surface area contributed by atoms with Gasteiger partial charge in [0.2, 0.25) is 5.91 Å². The van der Waals surface area contributed by atoms with E-state index in [9.17, 15) is 15.0 Å². The average Bonchev–Trinajstić information content (AvgIpc) is 3.09. The van der Waals surface area contributed by atoms with Crippen molar-refractivity contribution in [1.82, 2.24) is 4.90 Å². The van der Waals surface area contributed by atoms with Gasteiger partial charge in [0.1, 0.15) is 6.61 Å². The summed E-state index contributed by atoms with van der Waals surface area (Å²) >= 11 is 0. The molecule has 1 amide bonds. The van der Waals surface area contributed by atoms with Gasteiger partial charge in [-0.15, -0.1) is 0 Å². The normalized spacial score (nSPS) is 35.0. The predicted molar refractivity (Wildman–Crippen MR) is 132 cm³/mol. The maximum Gasteiger partial charge on any atom is 0.248 e. The molecule has 0 spiro atoms. The van der Waals surface area contributed by atoms with E-state index in [4.69, 9.17) is 4.74 Å². The average molecular weight is 458 g/mol. The summed E-state index contributed by atoms with van der Waals surface area (Å²) in [5.41, 5.74) is 4.35. The van der Waals surface area contributed by atoms with Crippen molar-refractivity contribution in [3.63, 3.8) is 0 Å². The van der Waals surface area contributed by atoms with Crippen LogP contribution < -0.4 is 0 Å². The Labute approximate surface area is 199 Å². The van der Waals surface area contributed by atoms with Crippen LogP contribution in [0, 0.1) is 11.3 Å². The van der Waals surface area contributed by atoms with Crippen molar-refractivity contribution in [2.24, 2.45) is 11.3 Å². The summed E-state index contributed by atoms with van der Waals surface area (Å²) in [6.45, 7) is 14.3. The van der Waals surface area contributed by atoms with E-state index < -0.39 is 11.9 Å². The van der Waals surface area contributed by atoms with Crippen LogP contribution in [0.1, 0.15) is 79.6 Å². The number of carbonyl (C=O) groups is 1. The van der Waals surface area contributed by atoms with Crippen molar-refractivity contribution in [2.45, 2.75) is 97.0 Å². The molecule has 33 heavy (non-hydrogen) atoms. The lowest BCUT2D eigenvalue weighted by molar-refractivity contribution is -0.222. The summed E-state index contributed by atoms with van der Waals surface area (Å²) in [5, 5.41) is 21.7. The van der Waals surface area contributed by atoms with E-state index in [1.54, 1.807) is 17.5 Å². The summed E-state index contributed by atoms with van der Waals surface area (Å²) < 4.78 is 5.70. The summed E-state index contributed by atoms with van der Waals surface area (Å²) in [5.74, 6) is -1.27. The standard InChI is InChI=1S/C28H43NO4/c1-8-22-13-14-23-20(10-9-15-27(22,23)6)11-12-21-16-28(32,17-24(30)19(21)2)33-18-25(31)29(7)26(3,4)5/h11-13,23-24,30,32H,2,8-10,14-18H2,1,3-7H3/t23-,24?,27+,28-/m0/s1. The van der Waals surface area contributed by atoms with Gasteiger partial charge in [-0.25, -0.2) is 0 Å². The zero-order valence-electron chi connectivity index (χ0n) is 21.4. The Morgan fingerprint density at radius 1 is 1.36 bits per heavy atom. The molecule has 0 saturated heterocycles. The second-order valence-electron chi connectivity index (χ2n) is 11.4. The van der Waals surface area contributed by atoms with Crippen molar-refractivity contribution in [2.75, 3.05) is 13.7 Å². The fourth-order valence-corrected chi connectivity index (χ4v) is 5.73. The predicted octanol–water partition coefficient (Wildman–Crippen LogP) is 5.06. The van der Waals surface area contributed by atoms with Crippen molar-refractivity contribution in [3.8, 4) is 0 Å². The van der Waals surface area contributed by atoms with Gasteiger partial charge < -0.3 is 19.8 Å². The number of hydrogen-bond acceptors (Lipinski definition) is 4. The summed E-state index contributed by atoms with van der Waals surface area (Å²) in [4.78, 5) is 14.1. The Balaban J connectivity index is 1.75. The second kappa shape index (κ2) is 9.52. The highest BCUT2D eigenvalue weighted by molar-refractivity contribution is 5.77. The summed E-state index contributed by atoms with van der Waals surface area (Å²) in [7, 11) is 1.73. The number of fused-ring (bicyclic) bond motifs is 1. The number of aliphatic hydroxyl groups excluding tert-OH is 1. The van der Waals surface area contributed by atoms with Gasteiger partial charge >= 0.3 is 0 Å². The lowest BCUT2D eigenvalue weighted by Gasteiger charge is -2.41. The molecule has 4 atom stereocenters. The Kier molecular flexibility index (Phi) is 7.48. The molecule has 0 bridgehead atoms. The van der Waals surface area contributed by atoms with E-state index >= 15 is 0 Å². The molecular weight excluding hydrogens is 414 g/mol. The first kappa shape index (κ1) is 25.9. The molecule has 184 valence electrons. The topological polar surface area (TPSA) is 70.0 Å². The minimum atomic E-state index is -1.59. The molecule has 5 heteroatoms. The van der Waals surface area contributed by atoms with E-state index in [-0.39, 0.29) is 36.3 Å². The molecule has 3 aliphatic rings. The first-order valence-corrected chi connectivity index (χ1v) is 12.4. The van der Waals surface area contributed by atoms with Gasteiger partial charge in [-0.3, -0.25) is 4.79 Å². The lowest BCUT2D eigenvalue weighted by atomic mass is 9.64. The Morgan fingerprint density at radius 3 is 2.70 bits per heavy atom. The molecule has 2 N–H and O–H groups in total. The van der Waals surface area contributed by atoms with E-state index in [2.05, 4.69) is 32.6 Å². The van der Waals surface area contributed by atoms with Crippen molar-refractivity contribution < 1.29 is 19.7 Å². The first-order chi connectivity index (χ1) is 15.3. The number of rotatable bonds is 5. The van der Waals surface area contributed by atoms with E-state index in [0.29, 0.717) is 11.5 Å². The largest absolute Gasteiger partial charge is 0.388 e. The number of likely N-dealkylation sites (N-methyl/N-ethyl adjacent to an activating group) is 1. The Bertz CT molecular complexity index is 877. The molecule has 3 rings (SSSR count). The van der Waals surface area contributed by atoms with E-state index in [1.807, 2.05) is 26.8 Å². The van der Waals surface area contributed by atoms with Crippen LogP contribution in [0.25, 0.3) is 0 Å². The van der Waals surface area contributed by atoms with Gasteiger partial charge in [-0.2, -0.15) is 0 Å². The zero-order valence-corrected chi connectivity index (χ0v) is 21.4. The number of aliphatic hydroxyl groups is 2. The quantitative estimate of drug-likeness (QED) is 0.447. The van der Waals surface area contributed by atoms with Gasteiger partial charge in [0.05, 0.1) is 6.10 Å². The summed E-state index contributed by atoms with van der Waals surface area (Å²) in [6.07, 6.45) is 11.6. The molecule has 0 radical (unpaired) electrons. The first-order valence-electron chi connectivity index (χ1n) is 12.4. The fraction of sp³-hybridized carbons (Fsp3) is 0.679. The third-order valence-electron chi connectivity index (χ3n) is 8.23. The molecule has 0 heterocycles. The van der Waals surface area contributed by atoms with E-state index in [0.717, 1.165) is 24.8 Å². The monoisotopic (exact) mass is 457 g/mol. The van der Waals surface area contributed by atoms with Crippen LogP contribution >= 0.6 is 0 Å². The Morgan fingerprint density at radius 2 is 2.06 bits per heavy atom. The van der Waals surface area contributed by atoms with Crippen molar-refractivity contribution in [1.29, 1.82) is 0 Å². The highest BCUT2D eigenvalue weighted by Gasteiger charge is 2.44. The van der Waals surface area contributed by atoms with Gasteiger partial charge in [0.15, 0.2) is 5.79 Å². The van der Waals surface area contributed by atoms with E-state index in [1.165, 1.54) is 18.4 Å². The number of carbonyl (C=O) groups excluding carboxylic acids is 1. The SMILES string of the molecule is C=C1C(=CC=C2CCC[C@]3(C)C(CC)=CC[C@@H]23)C[C@](O)(OCC(=O)N(C)C(C)(C)C)CC1O. The lowest BCUT2D eigenvalue weighted by Crippen LogP contribution is -2.48. The van der Waals surface area contributed by atoms with Gasteiger partial charge in [0.25, 0.3) is 0 Å². The van der Waals surface area contributed by atoms with Gasteiger partial charge in [-0.1, -0.05) is 49.8 Å². The third-order valence-corrected chi connectivity index (χ3v) is 8.23. The highest BCUT2D eigenvalue weighted by atomic mass is 16.6. The highest BCUT2D eigenvalue weighted by Crippen LogP contribution is 2.55. The molecular formula is C28H43NO4. The van der Waals surface area contributed by atoms with Crippen LogP contribution in [0.2, 0.25) is 0 Å². The van der Waals surface area contributed by atoms with Crippen LogP contribution in [0.5, 0.6) is 0 Å². The van der Waals surface area contributed by atoms with Crippen molar-refractivity contribution >= 4 is 5.91 Å². The number of nitrogens with zero attached hydrogens (tertiary/aromatic N) is 1. The molecule has 5 nitrogen and oxygen atoms in total. The fourth-order valence-electron chi connectivity index (χ4n) is 5.73. The maximum atomic E-state index is 12.5. The number of allylic oxidation sites excluding steroid dienone is 5. The number of hydrogen-bond donors (Lipinski definition) is 2. The van der Waals surface area contributed by atoms with Crippen LogP contribution in [0.15, 0.2) is 47.1 Å². The summed E-state index contributed by atoms with van der Waals surface area (Å²) in [6, 6.07) is 0. The smallest absolute Gasteiger partial charge is 0.248 e. The minimum absolute atomic E-state index is 0.0106. The molecule has 2 fully saturated rings. The molecule has 0 aliphatic heterocycles. The maximum absolute atomic E-state index is 12.5. The number of amides is 1. The Hall–Kier alpha value is -1.69. The van der Waals surface area contributed by atoms with Crippen LogP contribution in [0.3, 0.4) is 0 Å². The molecule has 0 aromatic heterocycles. The zero-order chi connectivity index (χ0) is 24.6. The van der Waals surface area contributed by atoms with Gasteiger partial charge in [0, 0.05) is 25.4 Å². The molecule has 2 saturated carbocycles. The second-order valence-corrected chi connectivity index (χ2v) is 11.4. The molecule has 0 aromatic carbocycles. The van der Waals surface area contributed by atoms with Crippen LogP contribution in [0.4, 0.5) is 0 Å². The number of ether oxygens (including phenoxy) is 1. The molecule has 1 unspecified atom stereocenters. The van der Waals surface area contributed by atoms with Gasteiger partial charge in [-0.05, 0) is 75.4 Å². The van der Waals surface area contributed by atoms with Crippen molar-refractivity contribution in [3.05, 3.63) is 47.1 Å². The molecule has 3 aliphatic carbocycles. The van der Waals surface area contributed by atoms with Crippen LogP contribution in [-0.4, -0.2) is 52.1 Å². The minimum Gasteiger partial charge on any atom is -0.388 e. The third kappa shape index (κ3) is 5.36. The molecule has 0 aromatic rings. The van der Waals surface area contributed by atoms with Crippen LogP contribution in [-0.2, 0) is 9.53 Å².